The molecule has 3 fully saturated rings. The smallest absolute Gasteiger partial charge is 0.250 e. The highest BCUT2D eigenvalue weighted by atomic mass is 35.5. The molecule has 8 heteroatoms. The Bertz CT molecular complexity index is 1140. The second kappa shape index (κ2) is 5.89. The molecule has 152 valence electrons. The summed E-state index contributed by atoms with van der Waals surface area (Å²) in [5.74, 6) is -3.10. The Morgan fingerprint density at radius 3 is 2.60 bits per heavy atom. The van der Waals surface area contributed by atoms with Gasteiger partial charge in [-0.15, -0.1) is 0 Å². The second-order valence-corrected chi connectivity index (χ2v) is 8.74. The maximum Gasteiger partial charge on any atom is 0.250 e. The minimum absolute atomic E-state index is 0.233. The topological polar surface area (TPSA) is 69.7 Å². The van der Waals surface area contributed by atoms with Crippen LogP contribution >= 0.6 is 11.6 Å². The maximum atomic E-state index is 14.2. The van der Waals surface area contributed by atoms with Crippen molar-refractivity contribution in [3.8, 4) is 0 Å². The molecule has 0 radical (unpaired) electrons. The molecule has 30 heavy (non-hydrogen) atoms. The van der Waals surface area contributed by atoms with Crippen LogP contribution in [0.5, 0.6) is 0 Å². The zero-order chi connectivity index (χ0) is 20.8. The lowest BCUT2D eigenvalue weighted by atomic mass is 9.75. The number of carbonyl (C=O) groups excluding carboxylic acids is 3. The van der Waals surface area contributed by atoms with E-state index in [0.717, 1.165) is 6.42 Å². The van der Waals surface area contributed by atoms with E-state index in [2.05, 4.69) is 5.32 Å². The summed E-state index contributed by atoms with van der Waals surface area (Å²) in [5, 5.41) is 3.33. The Labute approximate surface area is 176 Å². The van der Waals surface area contributed by atoms with E-state index in [4.69, 9.17) is 11.6 Å². The number of hydrogen-bond acceptors (Lipinski definition) is 4. The van der Waals surface area contributed by atoms with Crippen LogP contribution < -0.4 is 10.2 Å². The average molecular weight is 426 g/mol. The maximum absolute atomic E-state index is 14.2. The van der Waals surface area contributed by atoms with Crippen LogP contribution in [0.4, 0.5) is 15.8 Å². The molecule has 2 aromatic rings. The van der Waals surface area contributed by atoms with Crippen LogP contribution in [0.3, 0.4) is 0 Å². The number of fused-ring (bicyclic) bond motifs is 7. The van der Waals surface area contributed by atoms with Crippen LogP contribution in [0, 0.1) is 17.7 Å². The molecule has 6 nitrogen and oxygen atoms in total. The van der Waals surface area contributed by atoms with Crippen molar-refractivity contribution >= 4 is 40.7 Å². The molecule has 4 heterocycles. The van der Waals surface area contributed by atoms with Gasteiger partial charge in [0, 0.05) is 22.3 Å². The van der Waals surface area contributed by atoms with Crippen LogP contribution in [0.2, 0.25) is 5.02 Å². The fourth-order valence-corrected chi connectivity index (χ4v) is 6.15. The van der Waals surface area contributed by atoms with E-state index in [0.29, 0.717) is 34.9 Å². The summed E-state index contributed by atoms with van der Waals surface area (Å²) in [4.78, 5) is 43.7. The molecule has 3 saturated heterocycles. The number of imide groups is 1. The number of rotatable bonds is 1. The lowest BCUT2D eigenvalue weighted by Crippen LogP contribution is -2.54. The number of carbonyl (C=O) groups is 3. The third kappa shape index (κ3) is 1.99. The van der Waals surface area contributed by atoms with Gasteiger partial charge in [0.1, 0.15) is 11.4 Å². The van der Waals surface area contributed by atoms with Crippen LogP contribution in [-0.2, 0) is 19.9 Å². The van der Waals surface area contributed by atoms with Crippen LogP contribution in [0.25, 0.3) is 0 Å². The molecule has 4 atom stereocenters. The third-order valence-corrected chi connectivity index (χ3v) is 7.29. The number of benzene rings is 2. The molecule has 1 N–H and O–H groups in total. The molecule has 3 amide bonds. The summed E-state index contributed by atoms with van der Waals surface area (Å²) < 4.78 is 14.2. The first-order valence-corrected chi connectivity index (χ1v) is 10.3. The highest BCUT2D eigenvalue weighted by molar-refractivity contribution is 6.31. The SMILES string of the molecule is O=C1[C@@H]2[C@H]3CCCN3[C@@]3(C(=O)Nc4ccc(F)cc43)[C@@H]2C(=O)N1c1ccc(Cl)cc1. The van der Waals surface area contributed by atoms with E-state index >= 15 is 0 Å². The van der Waals surface area contributed by atoms with Crippen molar-refractivity contribution < 1.29 is 18.8 Å². The second-order valence-electron chi connectivity index (χ2n) is 8.31. The molecule has 4 aliphatic rings. The summed E-state index contributed by atoms with van der Waals surface area (Å²) >= 11 is 5.97. The van der Waals surface area contributed by atoms with Crippen molar-refractivity contribution in [3.63, 3.8) is 0 Å². The first-order valence-electron chi connectivity index (χ1n) is 9.96. The third-order valence-electron chi connectivity index (χ3n) is 7.04. The van der Waals surface area contributed by atoms with Gasteiger partial charge in [-0.2, -0.15) is 0 Å². The summed E-state index contributed by atoms with van der Waals surface area (Å²) in [6.45, 7) is 0.586. The molecule has 0 bridgehead atoms. The van der Waals surface area contributed by atoms with E-state index in [1.807, 2.05) is 4.90 Å². The van der Waals surface area contributed by atoms with E-state index in [1.54, 1.807) is 24.3 Å². The molecule has 6 rings (SSSR count). The van der Waals surface area contributed by atoms with E-state index in [-0.39, 0.29) is 17.9 Å². The van der Waals surface area contributed by atoms with E-state index in [1.165, 1.54) is 23.1 Å². The van der Waals surface area contributed by atoms with Gasteiger partial charge in [-0.05, 0) is 61.9 Å². The molecule has 1 spiro atoms. The van der Waals surface area contributed by atoms with E-state index < -0.39 is 29.1 Å². The van der Waals surface area contributed by atoms with Gasteiger partial charge in [0.15, 0.2) is 0 Å². The summed E-state index contributed by atoms with van der Waals surface area (Å²) in [6.07, 6.45) is 1.53. The van der Waals surface area contributed by atoms with Crippen molar-refractivity contribution in [1.29, 1.82) is 0 Å². The first kappa shape index (κ1) is 18.0. The van der Waals surface area contributed by atoms with E-state index in [9.17, 15) is 18.8 Å². The summed E-state index contributed by atoms with van der Waals surface area (Å²) in [6, 6.07) is 10.4. The molecule has 0 aromatic heterocycles. The summed E-state index contributed by atoms with van der Waals surface area (Å²) in [5.41, 5.74) is 0.0160. The first-order chi connectivity index (χ1) is 14.4. The Kier molecular flexibility index (Phi) is 3.54. The predicted molar refractivity (Wildman–Crippen MR) is 107 cm³/mol. The van der Waals surface area contributed by atoms with Crippen LogP contribution in [0.1, 0.15) is 18.4 Å². The largest absolute Gasteiger partial charge is 0.324 e. The Hall–Kier alpha value is -2.77. The Morgan fingerprint density at radius 2 is 1.83 bits per heavy atom. The van der Waals surface area contributed by atoms with Crippen LogP contribution in [-0.4, -0.2) is 35.2 Å². The van der Waals surface area contributed by atoms with Crippen LogP contribution in [0.15, 0.2) is 42.5 Å². The zero-order valence-electron chi connectivity index (χ0n) is 15.8. The molecule has 0 aliphatic carbocycles. The normalized spacial score (nSPS) is 32.0. The highest BCUT2D eigenvalue weighted by Gasteiger charge is 2.74. The van der Waals surface area contributed by atoms with Crippen molar-refractivity contribution in [2.24, 2.45) is 11.8 Å². The number of anilines is 2. The fraction of sp³-hybridized carbons (Fsp3) is 0.318. The molecular formula is C22H17ClFN3O3. The highest BCUT2D eigenvalue weighted by Crippen LogP contribution is 2.60. The van der Waals surface area contributed by atoms with Gasteiger partial charge in [-0.1, -0.05) is 11.6 Å². The predicted octanol–water partition coefficient (Wildman–Crippen LogP) is 2.91. The summed E-state index contributed by atoms with van der Waals surface area (Å²) in [7, 11) is 0. The minimum atomic E-state index is -1.36. The van der Waals surface area contributed by atoms with Gasteiger partial charge >= 0.3 is 0 Å². The molecule has 0 saturated carbocycles. The molecule has 2 aromatic carbocycles. The minimum Gasteiger partial charge on any atom is -0.324 e. The molecule has 0 unspecified atom stereocenters. The fourth-order valence-electron chi connectivity index (χ4n) is 6.02. The standard InChI is InChI=1S/C22H17ClFN3O3/c23-11-3-6-13(7-4-11)27-19(28)17-16-2-1-9-26(16)22(18(17)20(27)29)14-10-12(24)5-8-15(14)25-21(22)30/h3-8,10,16-18H,1-2,9H2,(H,25,30)/t16-,17-,18+,22-/m1/s1. The number of amides is 3. The van der Waals surface area contributed by atoms with Gasteiger partial charge in [0.25, 0.3) is 0 Å². The van der Waals surface area contributed by atoms with Gasteiger partial charge < -0.3 is 5.32 Å². The number of nitrogens with zero attached hydrogens (tertiary/aromatic N) is 2. The lowest BCUT2D eigenvalue weighted by Gasteiger charge is -2.36. The molecular weight excluding hydrogens is 409 g/mol. The Balaban J connectivity index is 1.56. The van der Waals surface area contributed by atoms with Gasteiger partial charge in [-0.25, -0.2) is 9.29 Å². The number of halogens is 2. The number of hydrogen-bond donors (Lipinski definition) is 1. The van der Waals surface area contributed by atoms with Crippen molar-refractivity contribution in [1.82, 2.24) is 4.90 Å². The van der Waals surface area contributed by atoms with Crippen molar-refractivity contribution in [2.45, 2.75) is 24.4 Å². The zero-order valence-corrected chi connectivity index (χ0v) is 16.5. The number of nitrogens with one attached hydrogen (secondary N) is 1. The van der Waals surface area contributed by atoms with Gasteiger partial charge in [0.2, 0.25) is 17.7 Å². The van der Waals surface area contributed by atoms with Crippen molar-refractivity contribution in [2.75, 3.05) is 16.8 Å². The van der Waals surface area contributed by atoms with Gasteiger partial charge in [0.05, 0.1) is 17.5 Å². The average Bonchev–Trinajstić information content (AvgIpc) is 3.42. The lowest BCUT2D eigenvalue weighted by molar-refractivity contribution is -0.135. The quantitative estimate of drug-likeness (QED) is 0.713. The van der Waals surface area contributed by atoms with Gasteiger partial charge in [-0.3, -0.25) is 19.3 Å². The molecule has 4 aliphatic heterocycles. The van der Waals surface area contributed by atoms with Crippen molar-refractivity contribution in [3.05, 3.63) is 58.9 Å². The Morgan fingerprint density at radius 1 is 1.07 bits per heavy atom. The monoisotopic (exact) mass is 425 g/mol.